The van der Waals surface area contributed by atoms with Crippen molar-refractivity contribution in [3.63, 3.8) is 0 Å². The third kappa shape index (κ3) is 2.83. The van der Waals surface area contributed by atoms with Gasteiger partial charge in [0.2, 0.25) is 0 Å². The van der Waals surface area contributed by atoms with Gasteiger partial charge < -0.3 is 14.2 Å². The maximum atomic E-state index is 6.33. The Balaban J connectivity index is 1.78. The summed E-state index contributed by atoms with van der Waals surface area (Å²) in [6.07, 6.45) is 2.63. The van der Waals surface area contributed by atoms with Crippen LogP contribution < -0.4 is 0 Å². The van der Waals surface area contributed by atoms with Gasteiger partial charge in [0.15, 0.2) is 6.29 Å². The molecule has 3 heteroatoms. The van der Waals surface area contributed by atoms with Crippen LogP contribution in [-0.4, -0.2) is 24.4 Å². The summed E-state index contributed by atoms with van der Waals surface area (Å²) in [5.41, 5.74) is 0.919. The molecule has 0 saturated carbocycles. The van der Waals surface area contributed by atoms with E-state index in [4.69, 9.17) is 14.2 Å². The zero-order valence-corrected chi connectivity index (χ0v) is 11.7. The minimum Gasteiger partial charge on any atom is -0.375 e. The first-order chi connectivity index (χ1) is 9.09. The molecule has 3 rings (SSSR count). The highest BCUT2D eigenvalue weighted by Gasteiger charge is 2.45. The van der Waals surface area contributed by atoms with Crippen LogP contribution in [0.15, 0.2) is 30.3 Å². The minimum atomic E-state index is -0.233. The van der Waals surface area contributed by atoms with Crippen molar-refractivity contribution in [1.29, 1.82) is 0 Å². The highest BCUT2D eigenvalue weighted by atomic mass is 16.7. The van der Waals surface area contributed by atoms with E-state index in [1.165, 1.54) is 0 Å². The summed E-state index contributed by atoms with van der Waals surface area (Å²) in [5.74, 6) is 0. The maximum absolute atomic E-state index is 6.33. The molecule has 0 aromatic heterocycles. The Labute approximate surface area is 114 Å². The third-order valence-corrected chi connectivity index (χ3v) is 4.05. The molecule has 1 aromatic rings. The smallest absolute Gasteiger partial charge is 0.184 e. The van der Waals surface area contributed by atoms with Gasteiger partial charge in [0, 0.05) is 24.8 Å². The second-order valence-corrected chi connectivity index (χ2v) is 6.20. The predicted octanol–water partition coefficient (Wildman–Crippen LogP) is 3.45. The Bertz CT molecular complexity index is 425. The lowest BCUT2D eigenvalue weighted by atomic mass is 9.81. The topological polar surface area (TPSA) is 27.7 Å². The van der Waals surface area contributed by atoms with Crippen LogP contribution in [0.5, 0.6) is 0 Å². The van der Waals surface area contributed by atoms with Crippen molar-refractivity contribution in [3.05, 3.63) is 35.9 Å². The summed E-state index contributed by atoms with van der Waals surface area (Å²) in [6, 6.07) is 10.2. The predicted molar refractivity (Wildman–Crippen MR) is 72.8 cm³/mol. The summed E-state index contributed by atoms with van der Waals surface area (Å²) in [7, 11) is 0. The molecule has 1 aromatic carbocycles. The third-order valence-electron chi connectivity index (χ3n) is 4.05. The molecule has 104 valence electrons. The molecule has 0 aliphatic carbocycles. The van der Waals surface area contributed by atoms with Crippen LogP contribution >= 0.6 is 0 Å². The fourth-order valence-corrected chi connectivity index (χ4v) is 3.19. The largest absolute Gasteiger partial charge is 0.375 e. The highest BCUT2D eigenvalue weighted by molar-refractivity contribution is 5.16. The van der Waals surface area contributed by atoms with Crippen LogP contribution in [0.3, 0.4) is 0 Å². The fraction of sp³-hybridized carbons (Fsp3) is 0.625. The molecule has 0 bridgehead atoms. The van der Waals surface area contributed by atoms with Gasteiger partial charge in [-0.3, -0.25) is 0 Å². The SMILES string of the molecule is CC1(C)C[C@@]2(CCO[C@@H](c3ccccc3)O2)CCO1. The normalized spacial score (nSPS) is 34.3. The van der Waals surface area contributed by atoms with Gasteiger partial charge in [0.05, 0.1) is 24.4 Å². The maximum Gasteiger partial charge on any atom is 0.184 e. The van der Waals surface area contributed by atoms with E-state index in [0.717, 1.165) is 38.0 Å². The van der Waals surface area contributed by atoms with Crippen LogP contribution in [0.25, 0.3) is 0 Å². The lowest BCUT2D eigenvalue weighted by Gasteiger charge is -2.48. The molecule has 2 atom stereocenters. The van der Waals surface area contributed by atoms with Crippen LogP contribution in [-0.2, 0) is 14.2 Å². The molecule has 0 radical (unpaired) electrons. The molecular weight excluding hydrogens is 240 g/mol. The Hall–Kier alpha value is -0.900. The second kappa shape index (κ2) is 4.89. The van der Waals surface area contributed by atoms with E-state index in [0.29, 0.717) is 0 Å². The molecular formula is C16H22O3. The summed E-state index contributed by atoms with van der Waals surface area (Å²) in [6.45, 7) is 5.82. The molecule has 2 aliphatic rings. The molecule has 2 fully saturated rings. The average Bonchev–Trinajstić information content (AvgIpc) is 2.38. The van der Waals surface area contributed by atoms with Crippen molar-refractivity contribution in [2.24, 2.45) is 0 Å². The second-order valence-electron chi connectivity index (χ2n) is 6.20. The summed E-state index contributed by atoms with van der Waals surface area (Å²) < 4.78 is 17.9. The molecule has 0 amide bonds. The zero-order chi connectivity index (χ0) is 13.3. The van der Waals surface area contributed by atoms with Gasteiger partial charge in [-0.1, -0.05) is 30.3 Å². The Morgan fingerprint density at radius 1 is 1.05 bits per heavy atom. The Morgan fingerprint density at radius 3 is 2.53 bits per heavy atom. The number of rotatable bonds is 1. The van der Waals surface area contributed by atoms with E-state index in [1.807, 2.05) is 18.2 Å². The number of benzene rings is 1. The minimum absolute atomic E-state index is 0.0828. The van der Waals surface area contributed by atoms with Crippen molar-refractivity contribution in [2.75, 3.05) is 13.2 Å². The number of hydrogen-bond donors (Lipinski definition) is 0. The van der Waals surface area contributed by atoms with Crippen LogP contribution in [0, 0.1) is 0 Å². The monoisotopic (exact) mass is 262 g/mol. The van der Waals surface area contributed by atoms with E-state index >= 15 is 0 Å². The first-order valence-electron chi connectivity index (χ1n) is 7.07. The van der Waals surface area contributed by atoms with E-state index < -0.39 is 0 Å². The van der Waals surface area contributed by atoms with Crippen molar-refractivity contribution in [2.45, 2.75) is 50.6 Å². The van der Waals surface area contributed by atoms with E-state index in [1.54, 1.807) is 0 Å². The first-order valence-corrected chi connectivity index (χ1v) is 7.07. The Kier molecular flexibility index (Phi) is 3.37. The van der Waals surface area contributed by atoms with Gasteiger partial charge in [-0.05, 0) is 13.8 Å². The van der Waals surface area contributed by atoms with Gasteiger partial charge in [-0.25, -0.2) is 0 Å². The van der Waals surface area contributed by atoms with Crippen molar-refractivity contribution < 1.29 is 14.2 Å². The van der Waals surface area contributed by atoms with Gasteiger partial charge >= 0.3 is 0 Å². The first kappa shape index (κ1) is 13.1. The molecule has 1 spiro atoms. The summed E-state index contributed by atoms with van der Waals surface area (Å²) in [4.78, 5) is 0. The average molecular weight is 262 g/mol. The van der Waals surface area contributed by atoms with Crippen molar-refractivity contribution in [3.8, 4) is 0 Å². The van der Waals surface area contributed by atoms with Crippen LogP contribution in [0.2, 0.25) is 0 Å². The molecule has 19 heavy (non-hydrogen) atoms. The quantitative estimate of drug-likeness (QED) is 0.776. The molecule has 0 unspecified atom stereocenters. The van der Waals surface area contributed by atoms with Crippen LogP contribution in [0.1, 0.15) is 45.0 Å². The molecule has 2 heterocycles. The van der Waals surface area contributed by atoms with Gasteiger partial charge in [-0.2, -0.15) is 0 Å². The lowest BCUT2D eigenvalue weighted by Crippen LogP contribution is -2.50. The number of ether oxygens (including phenoxy) is 3. The van der Waals surface area contributed by atoms with E-state index in [2.05, 4.69) is 26.0 Å². The standard InChI is InChI=1S/C16H22O3/c1-15(2)12-16(9-11-18-15)8-10-17-14(19-16)13-6-4-3-5-7-13/h3-7,14H,8-12H2,1-2H3/t14-,16-/m1/s1. The van der Waals surface area contributed by atoms with E-state index in [9.17, 15) is 0 Å². The van der Waals surface area contributed by atoms with Crippen LogP contribution in [0.4, 0.5) is 0 Å². The highest BCUT2D eigenvalue weighted by Crippen LogP contribution is 2.43. The van der Waals surface area contributed by atoms with Crippen molar-refractivity contribution >= 4 is 0 Å². The van der Waals surface area contributed by atoms with Crippen molar-refractivity contribution in [1.82, 2.24) is 0 Å². The van der Waals surface area contributed by atoms with E-state index in [-0.39, 0.29) is 17.5 Å². The molecule has 3 nitrogen and oxygen atoms in total. The Morgan fingerprint density at radius 2 is 1.79 bits per heavy atom. The molecule has 0 N–H and O–H groups in total. The lowest BCUT2D eigenvalue weighted by molar-refractivity contribution is -0.293. The zero-order valence-electron chi connectivity index (χ0n) is 11.7. The molecule has 2 saturated heterocycles. The summed E-state index contributed by atoms with van der Waals surface area (Å²) in [5, 5.41) is 0. The molecule has 2 aliphatic heterocycles. The van der Waals surface area contributed by atoms with Gasteiger partial charge in [-0.15, -0.1) is 0 Å². The summed E-state index contributed by atoms with van der Waals surface area (Å²) >= 11 is 0. The van der Waals surface area contributed by atoms with Gasteiger partial charge in [0.25, 0.3) is 0 Å². The fourth-order valence-electron chi connectivity index (χ4n) is 3.19. The number of hydrogen-bond acceptors (Lipinski definition) is 3. The van der Waals surface area contributed by atoms with Gasteiger partial charge in [0.1, 0.15) is 0 Å².